The highest BCUT2D eigenvalue weighted by molar-refractivity contribution is 7.91. The minimum Gasteiger partial charge on any atom is -0.495 e. The van der Waals surface area contributed by atoms with Crippen LogP contribution in [0.1, 0.15) is 5.56 Å². The molecule has 0 fully saturated rings. The Morgan fingerprint density at radius 3 is 2.42 bits per heavy atom. The van der Waals surface area contributed by atoms with Crippen molar-refractivity contribution in [3.05, 3.63) is 94.8 Å². The summed E-state index contributed by atoms with van der Waals surface area (Å²) in [7, 11) is -2.58. The number of methoxy groups -OCH3 is 1. The topological polar surface area (TPSA) is 94.5 Å². The summed E-state index contributed by atoms with van der Waals surface area (Å²) >= 11 is 0. The van der Waals surface area contributed by atoms with Gasteiger partial charge in [0.2, 0.25) is 21.2 Å². The average Bonchev–Trinajstić information content (AvgIpc) is 2.81. The zero-order valence-corrected chi connectivity index (χ0v) is 18.9. The highest BCUT2D eigenvalue weighted by atomic mass is 32.2. The Morgan fingerprint density at radius 1 is 1.00 bits per heavy atom. The van der Waals surface area contributed by atoms with E-state index in [1.54, 1.807) is 54.6 Å². The number of hydrogen-bond donors (Lipinski definition) is 1. The van der Waals surface area contributed by atoms with Gasteiger partial charge in [0, 0.05) is 11.6 Å². The molecule has 1 aromatic heterocycles. The summed E-state index contributed by atoms with van der Waals surface area (Å²) in [6.07, 6.45) is 1.24. The van der Waals surface area contributed by atoms with E-state index in [0.29, 0.717) is 17.0 Å². The van der Waals surface area contributed by atoms with E-state index in [4.69, 9.17) is 4.74 Å². The molecule has 4 aromatic rings. The third-order valence-corrected chi connectivity index (χ3v) is 7.00. The van der Waals surface area contributed by atoms with Crippen LogP contribution in [-0.2, 0) is 21.2 Å². The molecule has 33 heavy (non-hydrogen) atoms. The molecule has 0 atom stereocenters. The van der Waals surface area contributed by atoms with Gasteiger partial charge in [-0.3, -0.25) is 9.59 Å². The first kappa shape index (κ1) is 22.3. The van der Waals surface area contributed by atoms with Crippen molar-refractivity contribution < 1.29 is 17.9 Å². The average molecular weight is 463 g/mol. The summed E-state index contributed by atoms with van der Waals surface area (Å²) in [6.45, 7) is 1.62. The molecule has 0 radical (unpaired) electrons. The van der Waals surface area contributed by atoms with Crippen LogP contribution in [0.25, 0.3) is 10.9 Å². The second kappa shape index (κ2) is 8.91. The molecule has 0 bridgehead atoms. The van der Waals surface area contributed by atoms with Crippen LogP contribution in [0.3, 0.4) is 0 Å². The molecule has 0 aliphatic carbocycles. The van der Waals surface area contributed by atoms with Gasteiger partial charge in [-0.2, -0.15) is 0 Å². The van der Waals surface area contributed by atoms with Gasteiger partial charge in [0.05, 0.1) is 23.2 Å². The standard InChI is InChI=1S/C25H22N2O5S/c1-17-12-13-21-19(14-17)25(29)23(33(30,31)18-8-4-3-5-9-18)15-27(21)16-24(28)26-20-10-6-7-11-22(20)32-2/h3-15H,16H2,1-2H3,(H,26,28). The second-order valence-corrected chi connectivity index (χ2v) is 9.45. The minimum atomic E-state index is -4.09. The molecule has 3 aromatic carbocycles. The van der Waals surface area contributed by atoms with Crippen LogP contribution in [0, 0.1) is 6.92 Å². The van der Waals surface area contributed by atoms with Crippen molar-refractivity contribution in [3.63, 3.8) is 0 Å². The van der Waals surface area contributed by atoms with Crippen molar-refractivity contribution in [2.24, 2.45) is 0 Å². The molecular formula is C25H22N2O5S. The fourth-order valence-corrected chi connectivity index (χ4v) is 5.02. The van der Waals surface area contributed by atoms with Gasteiger partial charge in [-0.15, -0.1) is 0 Å². The molecule has 0 saturated carbocycles. The summed E-state index contributed by atoms with van der Waals surface area (Å²) in [4.78, 5) is 25.7. The summed E-state index contributed by atoms with van der Waals surface area (Å²) in [5, 5.41) is 3.01. The molecule has 8 heteroatoms. The number of nitrogens with zero attached hydrogens (tertiary/aromatic N) is 1. The van der Waals surface area contributed by atoms with Gasteiger partial charge in [0.1, 0.15) is 17.2 Å². The predicted octanol–water partition coefficient (Wildman–Crippen LogP) is 3.79. The summed E-state index contributed by atoms with van der Waals surface area (Å²) in [5.74, 6) is 0.103. The van der Waals surface area contributed by atoms with Gasteiger partial charge < -0.3 is 14.6 Å². The number of carbonyl (C=O) groups excluding carboxylic acids is 1. The number of carbonyl (C=O) groups is 1. The number of aryl methyl sites for hydroxylation is 1. The van der Waals surface area contributed by atoms with Gasteiger partial charge in [-0.25, -0.2) is 8.42 Å². The second-order valence-electron chi connectivity index (χ2n) is 7.54. The van der Waals surface area contributed by atoms with E-state index in [1.165, 1.54) is 30.0 Å². The molecule has 1 amide bonds. The van der Waals surface area contributed by atoms with Crippen LogP contribution in [0.15, 0.2) is 93.6 Å². The van der Waals surface area contributed by atoms with Crippen molar-refractivity contribution >= 4 is 32.3 Å². The molecule has 0 unspecified atom stereocenters. The van der Waals surface area contributed by atoms with E-state index < -0.39 is 21.2 Å². The van der Waals surface area contributed by atoms with Gasteiger partial charge in [0.25, 0.3) is 0 Å². The summed E-state index contributed by atoms with van der Waals surface area (Å²) in [6, 6.07) is 19.9. The Morgan fingerprint density at radius 2 is 1.70 bits per heavy atom. The molecule has 7 nitrogen and oxygen atoms in total. The first-order valence-corrected chi connectivity index (χ1v) is 11.7. The number of rotatable bonds is 6. The molecule has 168 valence electrons. The summed E-state index contributed by atoms with van der Waals surface area (Å²) in [5.41, 5.74) is 1.16. The molecule has 1 heterocycles. The number of ether oxygens (including phenoxy) is 1. The van der Waals surface area contributed by atoms with E-state index in [0.717, 1.165) is 5.56 Å². The monoisotopic (exact) mass is 462 g/mol. The molecule has 0 aliphatic rings. The molecule has 0 spiro atoms. The van der Waals surface area contributed by atoms with E-state index in [1.807, 2.05) is 13.0 Å². The number of sulfone groups is 1. The van der Waals surface area contributed by atoms with Crippen LogP contribution >= 0.6 is 0 Å². The number of fused-ring (bicyclic) bond motifs is 1. The van der Waals surface area contributed by atoms with E-state index >= 15 is 0 Å². The number of anilines is 1. The smallest absolute Gasteiger partial charge is 0.244 e. The number of nitrogens with one attached hydrogen (secondary N) is 1. The van der Waals surface area contributed by atoms with E-state index in [2.05, 4.69) is 5.32 Å². The Labute approximate surface area is 191 Å². The van der Waals surface area contributed by atoms with Crippen LogP contribution < -0.4 is 15.5 Å². The lowest BCUT2D eigenvalue weighted by Crippen LogP contribution is -2.24. The fourth-order valence-electron chi connectivity index (χ4n) is 3.63. The lowest BCUT2D eigenvalue weighted by Gasteiger charge is -2.15. The Bertz CT molecular complexity index is 1510. The first-order valence-electron chi connectivity index (χ1n) is 10.2. The number of amides is 1. The number of hydrogen-bond acceptors (Lipinski definition) is 5. The van der Waals surface area contributed by atoms with Crippen molar-refractivity contribution in [3.8, 4) is 5.75 Å². The zero-order valence-electron chi connectivity index (χ0n) is 18.1. The van der Waals surface area contributed by atoms with Crippen LogP contribution in [0.2, 0.25) is 0 Å². The SMILES string of the molecule is COc1ccccc1NC(=O)Cn1cc(S(=O)(=O)c2ccccc2)c(=O)c2cc(C)ccc21. The number of aromatic nitrogens is 1. The summed E-state index contributed by atoms with van der Waals surface area (Å²) < 4.78 is 33.3. The highest BCUT2D eigenvalue weighted by Crippen LogP contribution is 2.24. The first-order chi connectivity index (χ1) is 15.8. The quantitative estimate of drug-likeness (QED) is 0.471. The maximum atomic E-state index is 13.3. The van der Waals surface area contributed by atoms with E-state index in [-0.39, 0.29) is 21.7 Å². The molecular weight excluding hydrogens is 440 g/mol. The maximum Gasteiger partial charge on any atom is 0.244 e. The zero-order chi connectivity index (χ0) is 23.6. The Hall–Kier alpha value is -3.91. The van der Waals surface area contributed by atoms with Crippen LogP contribution in [0.5, 0.6) is 5.75 Å². The normalized spacial score (nSPS) is 11.3. The number of pyridine rings is 1. The van der Waals surface area contributed by atoms with Crippen molar-refractivity contribution in [1.29, 1.82) is 0 Å². The van der Waals surface area contributed by atoms with Gasteiger partial charge in [0.15, 0.2) is 0 Å². The Balaban J connectivity index is 1.82. The van der Waals surface area contributed by atoms with E-state index in [9.17, 15) is 18.0 Å². The Kier molecular flexibility index (Phi) is 6.02. The molecule has 1 N–H and O–H groups in total. The van der Waals surface area contributed by atoms with Gasteiger partial charge >= 0.3 is 0 Å². The molecule has 0 saturated heterocycles. The maximum absolute atomic E-state index is 13.3. The molecule has 4 rings (SSSR count). The van der Waals surface area contributed by atoms with Crippen LogP contribution in [-0.4, -0.2) is 26.0 Å². The lowest BCUT2D eigenvalue weighted by molar-refractivity contribution is -0.116. The largest absolute Gasteiger partial charge is 0.495 e. The third kappa shape index (κ3) is 4.38. The van der Waals surface area contributed by atoms with Crippen molar-refractivity contribution in [1.82, 2.24) is 4.57 Å². The predicted molar refractivity (Wildman–Crippen MR) is 126 cm³/mol. The van der Waals surface area contributed by atoms with Gasteiger partial charge in [-0.1, -0.05) is 42.0 Å². The minimum absolute atomic E-state index is 0.0131. The fraction of sp³-hybridized carbons (Fsp3) is 0.120. The third-order valence-electron chi connectivity index (χ3n) is 5.24. The lowest BCUT2D eigenvalue weighted by atomic mass is 10.1. The van der Waals surface area contributed by atoms with Crippen molar-refractivity contribution in [2.45, 2.75) is 23.3 Å². The van der Waals surface area contributed by atoms with Crippen molar-refractivity contribution in [2.75, 3.05) is 12.4 Å². The van der Waals surface area contributed by atoms with Gasteiger partial charge in [-0.05, 0) is 43.3 Å². The number of para-hydroxylation sites is 2. The van der Waals surface area contributed by atoms with Crippen LogP contribution in [0.4, 0.5) is 5.69 Å². The number of benzene rings is 3. The highest BCUT2D eigenvalue weighted by Gasteiger charge is 2.24. The molecule has 0 aliphatic heterocycles.